The fourth-order valence-electron chi connectivity index (χ4n) is 2.17. The monoisotopic (exact) mass is 366 g/mol. The highest BCUT2D eigenvalue weighted by atomic mass is 35.5. The quantitative estimate of drug-likeness (QED) is 0.440. The van der Waals surface area contributed by atoms with Crippen LogP contribution in [0.15, 0.2) is 60.0 Å². The summed E-state index contributed by atoms with van der Waals surface area (Å²) in [6, 6.07) is 10.0. The molecule has 0 atom stereocenters. The lowest BCUT2D eigenvalue weighted by molar-refractivity contribution is -0.385. The van der Waals surface area contributed by atoms with Crippen molar-refractivity contribution in [2.75, 3.05) is 10.8 Å². The summed E-state index contributed by atoms with van der Waals surface area (Å²) in [6.45, 7) is 5.19. The van der Waals surface area contributed by atoms with Crippen LogP contribution in [-0.2, 0) is 10.0 Å². The van der Waals surface area contributed by atoms with E-state index in [1.165, 1.54) is 18.2 Å². The van der Waals surface area contributed by atoms with Crippen LogP contribution in [-0.4, -0.2) is 19.9 Å². The van der Waals surface area contributed by atoms with E-state index < -0.39 is 14.9 Å². The Bertz CT molecular complexity index is 879. The summed E-state index contributed by atoms with van der Waals surface area (Å²) >= 11 is 5.84. The first-order chi connectivity index (χ1) is 11.3. The number of hydrogen-bond acceptors (Lipinski definition) is 4. The van der Waals surface area contributed by atoms with Crippen LogP contribution >= 0.6 is 11.6 Å². The van der Waals surface area contributed by atoms with Crippen LogP contribution in [0.1, 0.15) is 5.56 Å². The molecule has 6 nitrogen and oxygen atoms in total. The average Bonchev–Trinajstić information content (AvgIpc) is 2.53. The van der Waals surface area contributed by atoms with E-state index in [0.717, 1.165) is 10.4 Å². The molecule has 0 saturated heterocycles. The second-order valence-corrected chi connectivity index (χ2v) is 7.28. The molecular formula is C16H15ClN2O4S. The van der Waals surface area contributed by atoms with Gasteiger partial charge in [0.25, 0.3) is 15.7 Å². The number of nitro groups is 1. The molecule has 0 saturated carbocycles. The topological polar surface area (TPSA) is 80.5 Å². The fourth-order valence-corrected chi connectivity index (χ4v) is 3.97. The van der Waals surface area contributed by atoms with E-state index in [1.807, 2.05) is 0 Å². The third-order valence-electron chi connectivity index (χ3n) is 3.36. The highest BCUT2D eigenvalue weighted by Gasteiger charge is 2.27. The zero-order valence-corrected chi connectivity index (χ0v) is 14.4. The second-order valence-electron chi connectivity index (χ2n) is 5.01. The van der Waals surface area contributed by atoms with Gasteiger partial charge in [-0.2, -0.15) is 0 Å². The van der Waals surface area contributed by atoms with E-state index in [-0.39, 0.29) is 17.1 Å². The molecule has 2 aromatic carbocycles. The van der Waals surface area contributed by atoms with Crippen molar-refractivity contribution in [2.24, 2.45) is 0 Å². The summed E-state index contributed by atoms with van der Waals surface area (Å²) in [6.07, 6.45) is 1.44. The van der Waals surface area contributed by atoms with Crippen LogP contribution in [0.2, 0.25) is 5.02 Å². The van der Waals surface area contributed by atoms with Gasteiger partial charge in [0, 0.05) is 17.2 Å². The number of aryl methyl sites for hydroxylation is 1. The number of non-ortho nitro benzene ring substituents is 1. The van der Waals surface area contributed by atoms with Gasteiger partial charge in [-0.05, 0) is 36.8 Å². The van der Waals surface area contributed by atoms with Crippen molar-refractivity contribution in [3.8, 4) is 0 Å². The number of anilines is 1. The first kappa shape index (κ1) is 18.0. The molecular weight excluding hydrogens is 352 g/mol. The molecule has 0 N–H and O–H groups in total. The Morgan fingerprint density at radius 1 is 1.25 bits per heavy atom. The van der Waals surface area contributed by atoms with Crippen LogP contribution in [0.5, 0.6) is 0 Å². The first-order valence-electron chi connectivity index (χ1n) is 6.91. The lowest BCUT2D eigenvalue weighted by Crippen LogP contribution is -2.31. The maximum absolute atomic E-state index is 13.0. The van der Waals surface area contributed by atoms with Gasteiger partial charge in [0.1, 0.15) is 0 Å². The minimum Gasteiger partial charge on any atom is -0.263 e. The molecule has 0 amide bonds. The van der Waals surface area contributed by atoms with Gasteiger partial charge in [-0.3, -0.25) is 14.4 Å². The Morgan fingerprint density at radius 3 is 2.42 bits per heavy atom. The highest BCUT2D eigenvalue weighted by molar-refractivity contribution is 7.92. The van der Waals surface area contributed by atoms with E-state index in [0.29, 0.717) is 16.3 Å². The van der Waals surface area contributed by atoms with Crippen molar-refractivity contribution in [2.45, 2.75) is 11.8 Å². The van der Waals surface area contributed by atoms with Gasteiger partial charge in [-0.15, -0.1) is 6.58 Å². The van der Waals surface area contributed by atoms with Crippen molar-refractivity contribution >= 4 is 33.0 Å². The van der Waals surface area contributed by atoms with Gasteiger partial charge in [-0.1, -0.05) is 23.7 Å². The predicted octanol–water partition coefficient (Wildman–Crippen LogP) is 3.94. The molecule has 0 aliphatic carbocycles. The Morgan fingerprint density at radius 2 is 1.88 bits per heavy atom. The molecule has 0 unspecified atom stereocenters. The second kappa shape index (κ2) is 7.02. The SMILES string of the molecule is C=CCN(c1ccc(Cl)cc1)S(=O)(=O)c1cc([N+](=O)[O-])ccc1C. The summed E-state index contributed by atoms with van der Waals surface area (Å²) < 4.78 is 27.2. The summed E-state index contributed by atoms with van der Waals surface area (Å²) in [5.74, 6) is 0. The molecule has 0 bridgehead atoms. The molecule has 0 aromatic heterocycles. The maximum Gasteiger partial charge on any atom is 0.270 e. The van der Waals surface area contributed by atoms with Crippen molar-refractivity contribution < 1.29 is 13.3 Å². The highest BCUT2D eigenvalue weighted by Crippen LogP contribution is 2.29. The lowest BCUT2D eigenvalue weighted by atomic mass is 10.2. The van der Waals surface area contributed by atoms with Crippen LogP contribution in [0.3, 0.4) is 0 Å². The number of halogens is 1. The molecule has 24 heavy (non-hydrogen) atoms. The van der Waals surface area contributed by atoms with Gasteiger partial charge in [0.2, 0.25) is 0 Å². The van der Waals surface area contributed by atoms with E-state index >= 15 is 0 Å². The fraction of sp³-hybridized carbons (Fsp3) is 0.125. The molecule has 8 heteroatoms. The predicted molar refractivity (Wildman–Crippen MR) is 94.0 cm³/mol. The van der Waals surface area contributed by atoms with Crippen LogP contribution in [0.4, 0.5) is 11.4 Å². The largest absolute Gasteiger partial charge is 0.270 e. The Kier molecular flexibility index (Phi) is 5.26. The van der Waals surface area contributed by atoms with Crippen molar-refractivity contribution in [1.82, 2.24) is 0 Å². The number of nitrogens with zero attached hydrogens (tertiary/aromatic N) is 2. The Labute approximate surface area is 145 Å². The first-order valence-corrected chi connectivity index (χ1v) is 8.73. The van der Waals surface area contributed by atoms with Gasteiger partial charge >= 0.3 is 0 Å². The molecule has 0 heterocycles. The third-order valence-corrected chi connectivity index (χ3v) is 5.55. The van der Waals surface area contributed by atoms with E-state index in [2.05, 4.69) is 6.58 Å². The standard InChI is InChI=1S/C16H15ClN2O4S/c1-3-10-18(14-8-5-13(17)6-9-14)24(22,23)16-11-15(19(20)21)7-4-12(16)2/h3-9,11H,1,10H2,2H3. The number of hydrogen-bond donors (Lipinski definition) is 0. The molecule has 2 rings (SSSR count). The minimum absolute atomic E-state index is 0.0199. The molecule has 2 aromatic rings. The van der Waals surface area contributed by atoms with E-state index in [9.17, 15) is 18.5 Å². The summed E-state index contributed by atoms with van der Waals surface area (Å²) in [5, 5.41) is 11.4. The van der Waals surface area contributed by atoms with Gasteiger partial charge < -0.3 is 0 Å². The Balaban J connectivity index is 2.60. The van der Waals surface area contributed by atoms with Gasteiger partial charge in [0.05, 0.1) is 22.1 Å². The van der Waals surface area contributed by atoms with Crippen LogP contribution < -0.4 is 4.31 Å². The Hall–Kier alpha value is -2.38. The molecule has 0 fully saturated rings. The van der Waals surface area contributed by atoms with Gasteiger partial charge in [-0.25, -0.2) is 8.42 Å². The summed E-state index contributed by atoms with van der Waals surface area (Å²) in [5.41, 5.74) is 0.530. The number of nitro benzene ring substituents is 1. The maximum atomic E-state index is 13.0. The van der Waals surface area contributed by atoms with Crippen molar-refractivity contribution in [3.05, 3.63) is 75.8 Å². The zero-order valence-electron chi connectivity index (χ0n) is 12.8. The van der Waals surface area contributed by atoms with Crippen molar-refractivity contribution in [1.29, 1.82) is 0 Å². The normalized spacial score (nSPS) is 11.1. The summed E-state index contributed by atoms with van der Waals surface area (Å²) in [7, 11) is -4.00. The smallest absolute Gasteiger partial charge is 0.263 e. The lowest BCUT2D eigenvalue weighted by Gasteiger charge is -2.24. The zero-order chi connectivity index (χ0) is 17.9. The molecule has 126 valence electrons. The van der Waals surface area contributed by atoms with Crippen LogP contribution in [0.25, 0.3) is 0 Å². The number of sulfonamides is 1. The van der Waals surface area contributed by atoms with Crippen molar-refractivity contribution in [3.63, 3.8) is 0 Å². The van der Waals surface area contributed by atoms with E-state index in [4.69, 9.17) is 11.6 Å². The third kappa shape index (κ3) is 3.58. The number of benzene rings is 2. The molecule has 0 spiro atoms. The average molecular weight is 367 g/mol. The summed E-state index contributed by atoms with van der Waals surface area (Å²) in [4.78, 5) is 10.2. The van der Waals surface area contributed by atoms with E-state index in [1.54, 1.807) is 31.2 Å². The molecule has 0 aliphatic heterocycles. The minimum atomic E-state index is -4.00. The van der Waals surface area contributed by atoms with Gasteiger partial charge in [0.15, 0.2) is 0 Å². The number of rotatable bonds is 6. The molecule has 0 aliphatic rings. The molecule has 0 radical (unpaired) electrons. The van der Waals surface area contributed by atoms with Crippen LogP contribution in [0, 0.1) is 17.0 Å².